The van der Waals surface area contributed by atoms with Crippen LogP contribution in [0.25, 0.3) is 0 Å². The summed E-state index contributed by atoms with van der Waals surface area (Å²) in [5, 5.41) is 0.655. The number of carbonyl (C=O) groups excluding carboxylic acids is 1. The number of piperazine rings is 1. The second kappa shape index (κ2) is 7.57. The van der Waals surface area contributed by atoms with Crippen LogP contribution in [0.4, 0.5) is 0 Å². The zero-order valence-electron chi connectivity index (χ0n) is 13.0. The van der Waals surface area contributed by atoms with Crippen LogP contribution in [-0.4, -0.2) is 53.4 Å². The van der Waals surface area contributed by atoms with E-state index < -0.39 is 0 Å². The number of aromatic nitrogens is 1. The normalized spacial score (nSPS) is 15.6. The number of nitrogens with zero attached hydrogens (tertiary/aromatic N) is 3. The lowest BCUT2D eigenvalue weighted by Crippen LogP contribution is -2.49. The van der Waals surface area contributed by atoms with E-state index in [2.05, 4.69) is 22.0 Å². The zero-order chi connectivity index (χ0) is 16.1. The highest BCUT2D eigenvalue weighted by Gasteiger charge is 2.21. The molecule has 0 radical (unpaired) electrons. The Morgan fingerprint density at radius 1 is 1.00 bits per heavy atom. The van der Waals surface area contributed by atoms with E-state index in [9.17, 15) is 4.79 Å². The van der Waals surface area contributed by atoms with Crippen LogP contribution in [-0.2, 0) is 6.42 Å². The molecule has 1 aromatic heterocycles. The highest BCUT2D eigenvalue weighted by Crippen LogP contribution is 2.13. The number of rotatable bonds is 4. The lowest BCUT2D eigenvalue weighted by molar-refractivity contribution is 0.0638. The van der Waals surface area contributed by atoms with Gasteiger partial charge in [0.15, 0.2) is 0 Å². The van der Waals surface area contributed by atoms with Crippen molar-refractivity contribution in [2.45, 2.75) is 6.42 Å². The Hall–Kier alpha value is -1.91. The van der Waals surface area contributed by atoms with Crippen molar-refractivity contribution in [3.05, 3.63) is 64.9 Å². The Balaban J connectivity index is 1.48. The van der Waals surface area contributed by atoms with Gasteiger partial charge in [0.25, 0.3) is 5.91 Å². The summed E-state index contributed by atoms with van der Waals surface area (Å²) in [6.45, 7) is 4.41. The first-order valence-corrected chi connectivity index (χ1v) is 8.26. The monoisotopic (exact) mass is 329 g/mol. The van der Waals surface area contributed by atoms with Gasteiger partial charge in [0.1, 0.15) is 0 Å². The first-order chi connectivity index (χ1) is 11.2. The number of hydrogen-bond donors (Lipinski definition) is 0. The Bertz CT molecular complexity index is 637. The molecule has 120 valence electrons. The average Bonchev–Trinajstić information content (AvgIpc) is 2.61. The topological polar surface area (TPSA) is 36.4 Å². The Morgan fingerprint density at radius 3 is 2.30 bits per heavy atom. The Morgan fingerprint density at radius 2 is 1.65 bits per heavy atom. The SMILES string of the molecule is O=C(c1ccc(Cl)cc1)N1CCN(CCc2ccncc2)CC1. The van der Waals surface area contributed by atoms with Crippen LogP contribution >= 0.6 is 11.6 Å². The van der Waals surface area contributed by atoms with Crippen molar-refractivity contribution < 1.29 is 4.79 Å². The molecule has 0 N–H and O–H groups in total. The van der Waals surface area contributed by atoms with Gasteiger partial charge < -0.3 is 4.90 Å². The van der Waals surface area contributed by atoms with Gasteiger partial charge in [-0.2, -0.15) is 0 Å². The molecule has 2 heterocycles. The maximum Gasteiger partial charge on any atom is 0.253 e. The fourth-order valence-corrected chi connectivity index (χ4v) is 2.91. The van der Waals surface area contributed by atoms with E-state index in [4.69, 9.17) is 11.6 Å². The predicted molar refractivity (Wildman–Crippen MR) is 91.7 cm³/mol. The maximum atomic E-state index is 12.5. The zero-order valence-corrected chi connectivity index (χ0v) is 13.7. The molecule has 0 bridgehead atoms. The minimum atomic E-state index is 0.0930. The van der Waals surface area contributed by atoms with Gasteiger partial charge in [-0.1, -0.05) is 11.6 Å². The van der Waals surface area contributed by atoms with E-state index in [0.29, 0.717) is 10.6 Å². The minimum Gasteiger partial charge on any atom is -0.336 e. The average molecular weight is 330 g/mol. The van der Waals surface area contributed by atoms with Crippen molar-refractivity contribution in [2.75, 3.05) is 32.7 Å². The molecule has 1 fully saturated rings. The van der Waals surface area contributed by atoms with Crippen molar-refractivity contribution in [3.8, 4) is 0 Å². The summed E-state index contributed by atoms with van der Waals surface area (Å²) in [5.74, 6) is 0.0930. The van der Waals surface area contributed by atoms with Crippen molar-refractivity contribution in [3.63, 3.8) is 0 Å². The number of hydrogen-bond acceptors (Lipinski definition) is 3. The largest absolute Gasteiger partial charge is 0.336 e. The Kier molecular flexibility index (Phi) is 5.26. The molecular weight excluding hydrogens is 310 g/mol. The summed E-state index contributed by atoms with van der Waals surface area (Å²) in [4.78, 5) is 20.8. The van der Waals surface area contributed by atoms with Crippen LogP contribution in [0.1, 0.15) is 15.9 Å². The van der Waals surface area contributed by atoms with Gasteiger partial charge in [-0.15, -0.1) is 0 Å². The second-order valence-corrected chi connectivity index (χ2v) is 6.18. The van der Waals surface area contributed by atoms with E-state index in [-0.39, 0.29) is 5.91 Å². The minimum absolute atomic E-state index is 0.0930. The number of amides is 1. The number of pyridine rings is 1. The first kappa shape index (κ1) is 16.0. The molecule has 5 heteroatoms. The molecular formula is C18H20ClN3O. The molecule has 0 unspecified atom stereocenters. The fraction of sp³-hybridized carbons (Fsp3) is 0.333. The summed E-state index contributed by atoms with van der Waals surface area (Å²) >= 11 is 5.87. The molecule has 0 atom stereocenters. The molecule has 23 heavy (non-hydrogen) atoms. The van der Waals surface area contributed by atoms with Gasteiger partial charge in [-0.05, 0) is 48.4 Å². The van der Waals surface area contributed by atoms with Crippen molar-refractivity contribution in [1.29, 1.82) is 0 Å². The number of halogens is 1. The smallest absolute Gasteiger partial charge is 0.253 e. The van der Waals surface area contributed by atoms with E-state index in [1.807, 2.05) is 17.3 Å². The lowest BCUT2D eigenvalue weighted by atomic mass is 10.1. The Labute approximate surface area is 141 Å². The summed E-state index contributed by atoms with van der Waals surface area (Å²) < 4.78 is 0. The molecule has 0 aliphatic carbocycles. The third kappa shape index (κ3) is 4.30. The summed E-state index contributed by atoms with van der Waals surface area (Å²) in [5.41, 5.74) is 2.01. The molecule has 1 saturated heterocycles. The van der Waals surface area contributed by atoms with Crippen molar-refractivity contribution in [2.24, 2.45) is 0 Å². The third-order valence-corrected chi connectivity index (χ3v) is 4.47. The van der Waals surface area contributed by atoms with Crippen molar-refractivity contribution >= 4 is 17.5 Å². The molecule has 3 rings (SSSR count). The van der Waals surface area contributed by atoms with Gasteiger partial charge in [-0.25, -0.2) is 0 Å². The summed E-state index contributed by atoms with van der Waals surface area (Å²) in [6.07, 6.45) is 4.68. The molecule has 1 aliphatic rings. The van der Waals surface area contributed by atoms with Gasteiger partial charge in [-0.3, -0.25) is 14.7 Å². The van der Waals surface area contributed by atoms with E-state index in [1.54, 1.807) is 24.3 Å². The molecule has 2 aromatic rings. The predicted octanol–water partition coefficient (Wildman–Crippen LogP) is 2.74. The van der Waals surface area contributed by atoms with Gasteiger partial charge in [0.2, 0.25) is 0 Å². The van der Waals surface area contributed by atoms with Crippen LogP contribution in [0.15, 0.2) is 48.8 Å². The van der Waals surface area contributed by atoms with E-state index in [0.717, 1.165) is 39.1 Å². The number of benzene rings is 1. The quantitative estimate of drug-likeness (QED) is 0.865. The summed E-state index contributed by atoms with van der Waals surface area (Å²) in [7, 11) is 0. The first-order valence-electron chi connectivity index (χ1n) is 7.88. The van der Waals surface area contributed by atoms with Gasteiger partial charge in [0, 0.05) is 55.7 Å². The van der Waals surface area contributed by atoms with E-state index >= 15 is 0 Å². The van der Waals surface area contributed by atoms with Crippen LogP contribution in [0.3, 0.4) is 0 Å². The molecule has 1 aliphatic heterocycles. The van der Waals surface area contributed by atoms with Crippen LogP contribution < -0.4 is 0 Å². The standard InChI is InChI=1S/C18H20ClN3O/c19-17-3-1-16(2-4-17)18(23)22-13-11-21(12-14-22)10-7-15-5-8-20-9-6-15/h1-6,8-9H,7,10-14H2. The van der Waals surface area contributed by atoms with E-state index in [1.165, 1.54) is 5.56 Å². The number of carbonyl (C=O) groups is 1. The lowest BCUT2D eigenvalue weighted by Gasteiger charge is -2.34. The van der Waals surface area contributed by atoms with Gasteiger partial charge in [0.05, 0.1) is 0 Å². The molecule has 4 nitrogen and oxygen atoms in total. The van der Waals surface area contributed by atoms with Crippen LogP contribution in [0, 0.1) is 0 Å². The second-order valence-electron chi connectivity index (χ2n) is 5.75. The maximum absolute atomic E-state index is 12.5. The molecule has 1 amide bonds. The summed E-state index contributed by atoms with van der Waals surface area (Å²) in [6, 6.07) is 11.2. The van der Waals surface area contributed by atoms with Gasteiger partial charge >= 0.3 is 0 Å². The highest BCUT2D eigenvalue weighted by atomic mass is 35.5. The van der Waals surface area contributed by atoms with Crippen molar-refractivity contribution in [1.82, 2.24) is 14.8 Å². The third-order valence-electron chi connectivity index (χ3n) is 4.22. The molecule has 0 saturated carbocycles. The highest BCUT2D eigenvalue weighted by molar-refractivity contribution is 6.30. The molecule has 1 aromatic carbocycles. The van der Waals surface area contributed by atoms with Crippen LogP contribution in [0.5, 0.6) is 0 Å². The fourth-order valence-electron chi connectivity index (χ4n) is 2.79. The van der Waals surface area contributed by atoms with Crippen LogP contribution in [0.2, 0.25) is 5.02 Å². The molecule has 0 spiro atoms.